The van der Waals surface area contributed by atoms with Crippen molar-refractivity contribution in [3.63, 3.8) is 0 Å². The fourth-order valence-electron chi connectivity index (χ4n) is 3.40. The fourth-order valence-corrected chi connectivity index (χ4v) is 4.13. The van der Waals surface area contributed by atoms with Gasteiger partial charge in [-0.05, 0) is 42.6 Å². The van der Waals surface area contributed by atoms with Crippen molar-refractivity contribution in [1.82, 2.24) is 9.80 Å². The molecule has 0 unspecified atom stereocenters. The summed E-state index contributed by atoms with van der Waals surface area (Å²) >= 11 is 1.71. The average Bonchev–Trinajstić information content (AvgIpc) is 3.18. The van der Waals surface area contributed by atoms with Gasteiger partial charge in [0.1, 0.15) is 6.17 Å². The molecular formula is C19H23FN2O2S. The average molecular weight is 362 g/mol. The maximum absolute atomic E-state index is 13.9. The van der Waals surface area contributed by atoms with Crippen molar-refractivity contribution in [3.05, 3.63) is 57.8 Å². The van der Waals surface area contributed by atoms with Crippen molar-refractivity contribution in [2.24, 2.45) is 0 Å². The van der Waals surface area contributed by atoms with Gasteiger partial charge in [-0.25, -0.2) is 9.18 Å². The van der Waals surface area contributed by atoms with Gasteiger partial charge in [0, 0.05) is 37.1 Å². The van der Waals surface area contributed by atoms with Gasteiger partial charge in [-0.2, -0.15) is 0 Å². The van der Waals surface area contributed by atoms with Crippen LogP contribution in [0.25, 0.3) is 0 Å². The van der Waals surface area contributed by atoms with Crippen LogP contribution in [0.2, 0.25) is 0 Å². The molecule has 1 aliphatic rings. The van der Waals surface area contributed by atoms with Crippen LogP contribution in [0.5, 0.6) is 0 Å². The molecule has 134 valence electrons. The highest BCUT2D eigenvalue weighted by molar-refractivity contribution is 7.09. The second kappa shape index (κ2) is 8.08. The van der Waals surface area contributed by atoms with Crippen molar-refractivity contribution in [2.75, 3.05) is 20.1 Å². The molecule has 1 aliphatic heterocycles. The van der Waals surface area contributed by atoms with E-state index in [2.05, 4.69) is 21.2 Å². The molecule has 0 amide bonds. The molecule has 1 aromatic carbocycles. The van der Waals surface area contributed by atoms with Crippen LogP contribution < -0.4 is 0 Å². The van der Waals surface area contributed by atoms with Gasteiger partial charge in [0.25, 0.3) is 0 Å². The molecule has 0 aliphatic carbocycles. The highest BCUT2D eigenvalue weighted by Crippen LogP contribution is 2.25. The number of carboxylic acid groups (broad SMARTS) is 1. The third-order valence-corrected chi connectivity index (χ3v) is 5.45. The molecule has 1 N–H and O–H groups in total. The van der Waals surface area contributed by atoms with Crippen molar-refractivity contribution in [1.29, 1.82) is 0 Å². The zero-order valence-electron chi connectivity index (χ0n) is 14.3. The minimum atomic E-state index is -0.913. The largest absolute Gasteiger partial charge is 0.478 e. The van der Waals surface area contributed by atoms with Crippen LogP contribution in [0.1, 0.15) is 27.2 Å². The lowest BCUT2D eigenvalue weighted by Gasteiger charge is -2.28. The van der Waals surface area contributed by atoms with Gasteiger partial charge in [0.15, 0.2) is 0 Å². The summed E-state index contributed by atoms with van der Waals surface area (Å²) in [5.41, 5.74) is 1.36. The highest BCUT2D eigenvalue weighted by atomic mass is 32.1. The topological polar surface area (TPSA) is 43.8 Å². The first-order chi connectivity index (χ1) is 12.0. The van der Waals surface area contributed by atoms with E-state index >= 15 is 0 Å². The van der Waals surface area contributed by atoms with E-state index < -0.39 is 12.1 Å². The number of halogens is 1. The Balaban J connectivity index is 1.56. The number of hydrogen-bond acceptors (Lipinski definition) is 4. The lowest BCUT2D eigenvalue weighted by Crippen LogP contribution is -2.38. The molecule has 1 aromatic heterocycles. The SMILES string of the molecule is CN(Cc1ccc(C(=O)O)cc1)C[C@@H]1C[C@H](F)CN1Cc1cccs1. The van der Waals surface area contributed by atoms with Gasteiger partial charge in [-0.1, -0.05) is 18.2 Å². The second-order valence-electron chi connectivity index (χ2n) is 6.69. The summed E-state index contributed by atoms with van der Waals surface area (Å²) < 4.78 is 13.9. The van der Waals surface area contributed by atoms with Crippen molar-refractivity contribution in [3.8, 4) is 0 Å². The molecule has 6 heteroatoms. The molecule has 2 heterocycles. The number of likely N-dealkylation sites (tertiary alicyclic amines) is 1. The molecule has 1 fully saturated rings. The van der Waals surface area contributed by atoms with Crippen LogP contribution in [-0.4, -0.2) is 53.2 Å². The maximum Gasteiger partial charge on any atom is 0.335 e. The number of carbonyl (C=O) groups is 1. The van der Waals surface area contributed by atoms with E-state index in [1.165, 1.54) is 4.88 Å². The molecule has 3 rings (SSSR count). The quantitative estimate of drug-likeness (QED) is 0.819. The van der Waals surface area contributed by atoms with E-state index in [0.29, 0.717) is 18.5 Å². The number of benzene rings is 1. The van der Waals surface area contributed by atoms with E-state index in [0.717, 1.165) is 25.2 Å². The zero-order chi connectivity index (χ0) is 17.8. The Morgan fingerprint density at radius 2 is 2.12 bits per heavy atom. The van der Waals surface area contributed by atoms with Crippen molar-refractivity contribution >= 4 is 17.3 Å². The number of carboxylic acids is 1. The Labute approximate surface area is 151 Å². The van der Waals surface area contributed by atoms with Crippen LogP contribution in [-0.2, 0) is 13.1 Å². The van der Waals surface area contributed by atoms with Gasteiger partial charge in [-0.3, -0.25) is 4.90 Å². The van der Waals surface area contributed by atoms with Crippen LogP contribution in [0, 0.1) is 0 Å². The van der Waals surface area contributed by atoms with Crippen molar-refractivity contribution < 1.29 is 14.3 Å². The fraction of sp³-hybridized carbons (Fsp3) is 0.421. The highest BCUT2D eigenvalue weighted by Gasteiger charge is 2.32. The molecule has 25 heavy (non-hydrogen) atoms. The molecule has 0 bridgehead atoms. The van der Waals surface area contributed by atoms with Crippen LogP contribution >= 0.6 is 11.3 Å². The summed E-state index contributed by atoms with van der Waals surface area (Å²) in [5.74, 6) is -0.913. The Bertz CT molecular complexity index is 690. The number of aromatic carboxylic acids is 1. The summed E-state index contributed by atoms with van der Waals surface area (Å²) in [6.45, 7) is 2.83. The lowest BCUT2D eigenvalue weighted by atomic mass is 10.1. The maximum atomic E-state index is 13.9. The molecule has 2 atom stereocenters. The number of rotatable bonds is 7. The van der Waals surface area contributed by atoms with E-state index in [9.17, 15) is 9.18 Å². The smallest absolute Gasteiger partial charge is 0.335 e. The third-order valence-electron chi connectivity index (χ3n) is 4.59. The van der Waals surface area contributed by atoms with Crippen LogP contribution in [0.4, 0.5) is 4.39 Å². The lowest BCUT2D eigenvalue weighted by molar-refractivity contribution is 0.0697. The predicted molar refractivity (Wildman–Crippen MR) is 97.8 cm³/mol. The number of hydrogen-bond donors (Lipinski definition) is 1. The van der Waals surface area contributed by atoms with E-state index in [-0.39, 0.29) is 6.04 Å². The molecule has 2 aromatic rings. The van der Waals surface area contributed by atoms with E-state index in [4.69, 9.17) is 5.11 Å². The molecule has 4 nitrogen and oxygen atoms in total. The van der Waals surface area contributed by atoms with E-state index in [1.807, 2.05) is 25.2 Å². The first-order valence-electron chi connectivity index (χ1n) is 8.42. The first-order valence-corrected chi connectivity index (χ1v) is 9.30. The molecule has 1 saturated heterocycles. The standard InChI is InChI=1S/C19H23FN2O2S/c1-21(10-14-4-6-15(7-5-14)19(23)24)12-17-9-16(20)11-22(17)13-18-3-2-8-25-18/h2-8,16-17H,9-13H2,1H3,(H,23,24)/t16-,17-/m0/s1. The molecule has 0 saturated carbocycles. The van der Waals surface area contributed by atoms with Gasteiger partial charge in [-0.15, -0.1) is 11.3 Å². The minimum absolute atomic E-state index is 0.209. The van der Waals surface area contributed by atoms with Crippen molar-refractivity contribution in [2.45, 2.75) is 31.7 Å². The predicted octanol–water partition coefficient (Wildman–Crippen LogP) is 3.49. The number of nitrogens with zero attached hydrogens (tertiary/aromatic N) is 2. The molecule has 0 spiro atoms. The van der Waals surface area contributed by atoms with Gasteiger partial charge in [0.2, 0.25) is 0 Å². The summed E-state index contributed by atoms with van der Waals surface area (Å²) in [7, 11) is 2.03. The Kier molecular flexibility index (Phi) is 5.83. The molecule has 0 radical (unpaired) electrons. The monoisotopic (exact) mass is 362 g/mol. The number of thiophene rings is 1. The third kappa shape index (κ3) is 4.87. The summed E-state index contributed by atoms with van der Waals surface area (Å²) in [6.07, 6.45) is -0.179. The number of likely N-dealkylation sites (N-methyl/N-ethyl adjacent to an activating group) is 1. The first kappa shape index (κ1) is 18.0. The Morgan fingerprint density at radius 3 is 2.76 bits per heavy atom. The summed E-state index contributed by atoms with van der Waals surface area (Å²) in [6, 6.07) is 11.3. The minimum Gasteiger partial charge on any atom is -0.478 e. The number of alkyl halides is 1. The normalized spacial score (nSPS) is 21.1. The summed E-state index contributed by atoms with van der Waals surface area (Å²) in [5, 5.41) is 11.0. The second-order valence-corrected chi connectivity index (χ2v) is 7.73. The van der Waals surface area contributed by atoms with Gasteiger partial charge < -0.3 is 10.0 Å². The summed E-state index contributed by atoms with van der Waals surface area (Å²) in [4.78, 5) is 16.6. The van der Waals surface area contributed by atoms with Crippen LogP contribution in [0.3, 0.4) is 0 Å². The van der Waals surface area contributed by atoms with E-state index in [1.54, 1.807) is 23.5 Å². The van der Waals surface area contributed by atoms with Gasteiger partial charge >= 0.3 is 5.97 Å². The Morgan fingerprint density at radius 1 is 1.36 bits per heavy atom. The van der Waals surface area contributed by atoms with Crippen LogP contribution in [0.15, 0.2) is 41.8 Å². The van der Waals surface area contributed by atoms with Gasteiger partial charge in [0.05, 0.1) is 5.56 Å². The zero-order valence-corrected chi connectivity index (χ0v) is 15.1. The molecular weight excluding hydrogens is 339 g/mol. The Hall–Kier alpha value is -1.76.